The molecule has 7 heteroatoms. The zero-order valence-electron chi connectivity index (χ0n) is 11.7. The van der Waals surface area contributed by atoms with Crippen LogP contribution in [0.5, 0.6) is 0 Å². The number of rotatable bonds is 4. The molecule has 0 aliphatic carbocycles. The fourth-order valence-corrected chi connectivity index (χ4v) is 2.86. The van der Waals surface area contributed by atoms with Crippen molar-refractivity contribution >= 4 is 40.7 Å². The van der Waals surface area contributed by atoms with Gasteiger partial charge >= 0.3 is 5.97 Å². The highest BCUT2D eigenvalue weighted by Crippen LogP contribution is 2.26. The van der Waals surface area contributed by atoms with Crippen LogP contribution < -0.4 is 0 Å². The minimum absolute atomic E-state index is 0.0991. The molecule has 0 N–H and O–H groups in total. The van der Waals surface area contributed by atoms with Gasteiger partial charge in [0, 0.05) is 5.56 Å². The molecule has 0 saturated heterocycles. The Morgan fingerprint density at radius 2 is 1.87 bits per heavy atom. The Hall–Kier alpha value is -1.95. The number of carbonyl (C=O) groups excluding carboxylic acids is 1. The number of aromatic nitrogens is 2. The standard InChI is InChI=1S/C16H10Cl2N2O2S/c17-12-7-6-10(8-13(12)18)9-22-16(21)15-14(19-20-23-15)11-4-2-1-3-5-11/h1-8H,9H2. The molecular formula is C16H10Cl2N2O2S. The van der Waals surface area contributed by atoms with Crippen LogP contribution in [-0.2, 0) is 11.3 Å². The third-order valence-electron chi connectivity index (χ3n) is 3.07. The predicted octanol–water partition coefficient (Wildman–Crippen LogP) is 4.87. The summed E-state index contributed by atoms with van der Waals surface area (Å²) in [6.45, 7) is 0.0991. The lowest BCUT2D eigenvalue weighted by Gasteiger charge is -2.05. The monoisotopic (exact) mass is 364 g/mol. The van der Waals surface area contributed by atoms with Crippen molar-refractivity contribution in [3.63, 3.8) is 0 Å². The molecule has 1 heterocycles. The molecule has 1 aromatic heterocycles. The van der Waals surface area contributed by atoms with E-state index in [4.69, 9.17) is 27.9 Å². The first-order chi connectivity index (χ1) is 11.1. The van der Waals surface area contributed by atoms with Crippen molar-refractivity contribution in [2.24, 2.45) is 0 Å². The summed E-state index contributed by atoms with van der Waals surface area (Å²) in [6.07, 6.45) is 0. The van der Waals surface area contributed by atoms with E-state index in [9.17, 15) is 4.79 Å². The van der Waals surface area contributed by atoms with Crippen molar-refractivity contribution in [3.05, 3.63) is 69.0 Å². The van der Waals surface area contributed by atoms with Crippen molar-refractivity contribution in [1.82, 2.24) is 9.59 Å². The molecule has 0 radical (unpaired) electrons. The molecule has 0 atom stereocenters. The largest absolute Gasteiger partial charge is 0.457 e. The van der Waals surface area contributed by atoms with E-state index in [1.807, 2.05) is 30.3 Å². The first kappa shape index (κ1) is 15.9. The zero-order valence-corrected chi connectivity index (χ0v) is 14.0. The highest BCUT2D eigenvalue weighted by Gasteiger charge is 2.19. The molecular weight excluding hydrogens is 355 g/mol. The van der Waals surface area contributed by atoms with Crippen LogP contribution in [0.4, 0.5) is 0 Å². The minimum Gasteiger partial charge on any atom is -0.457 e. The number of benzene rings is 2. The second-order valence-corrected chi connectivity index (χ2v) is 6.21. The zero-order chi connectivity index (χ0) is 16.2. The highest BCUT2D eigenvalue weighted by atomic mass is 35.5. The second kappa shape index (κ2) is 7.08. The number of hydrogen-bond acceptors (Lipinski definition) is 5. The lowest BCUT2D eigenvalue weighted by Crippen LogP contribution is -2.05. The quantitative estimate of drug-likeness (QED) is 0.619. The van der Waals surface area contributed by atoms with Gasteiger partial charge in [-0.1, -0.05) is 64.1 Å². The van der Waals surface area contributed by atoms with Gasteiger partial charge in [-0.2, -0.15) is 0 Å². The molecule has 3 rings (SSSR count). The van der Waals surface area contributed by atoms with Crippen molar-refractivity contribution in [2.75, 3.05) is 0 Å². The summed E-state index contributed by atoms with van der Waals surface area (Å²) in [4.78, 5) is 12.6. The van der Waals surface area contributed by atoms with Crippen LogP contribution in [0.15, 0.2) is 48.5 Å². The van der Waals surface area contributed by atoms with Crippen molar-refractivity contribution in [2.45, 2.75) is 6.61 Å². The maximum absolute atomic E-state index is 12.3. The first-order valence-corrected chi connectivity index (χ1v) is 8.17. The van der Waals surface area contributed by atoms with Crippen LogP contribution in [0.25, 0.3) is 11.3 Å². The predicted molar refractivity (Wildman–Crippen MR) is 90.9 cm³/mol. The fraction of sp³-hybridized carbons (Fsp3) is 0.0625. The summed E-state index contributed by atoms with van der Waals surface area (Å²) in [5.41, 5.74) is 2.10. The van der Waals surface area contributed by atoms with Gasteiger partial charge in [-0.25, -0.2) is 4.79 Å². The van der Waals surface area contributed by atoms with E-state index in [1.165, 1.54) is 0 Å². The lowest BCUT2D eigenvalue weighted by atomic mass is 10.1. The number of nitrogens with zero attached hydrogens (tertiary/aromatic N) is 2. The van der Waals surface area contributed by atoms with Crippen molar-refractivity contribution in [1.29, 1.82) is 0 Å². The molecule has 3 aromatic rings. The Kier molecular flexibility index (Phi) is 4.91. The van der Waals surface area contributed by atoms with Gasteiger partial charge in [0.1, 0.15) is 12.3 Å². The average molecular weight is 365 g/mol. The summed E-state index contributed by atoms with van der Waals surface area (Å²) >= 11 is 12.8. The Bertz CT molecular complexity index is 837. The number of esters is 1. The normalized spacial score (nSPS) is 10.5. The molecule has 0 aliphatic rings. The number of hydrogen-bond donors (Lipinski definition) is 0. The third-order valence-corrected chi connectivity index (χ3v) is 4.52. The van der Waals surface area contributed by atoms with E-state index < -0.39 is 5.97 Å². The van der Waals surface area contributed by atoms with Crippen molar-refractivity contribution < 1.29 is 9.53 Å². The minimum atomic E-state index is -0.468. The molecule has 2 aromatic carbocycles. The third kappa shape index (κ3) is 3.69. The van der Waals surface area contributed by atoms with Crippen LogP contribution in [0, 0.1) is 0 Å². The van der Waals surface area contributed by atoms with E-state index >= 15 is 0 Å². The number of ether oxygens (including phenoxy) is 1. The molecule has 116 valence electrons. The van der Waals surface area contributed by atoms with E-state index in [-0.39, 0.29) is 6.61 Å². The first-order valence-electron chi connectivity index (χ1n) is 6.64. The van der Waals surface area contributed by atoms with Gasteiger partial charge in [-0.05, 0) is 29.2 Å². The molecule has 0 aliphatic heterocycles. The summed E-state index contributed by atoms with van der Waals surface area (Å²) < 4.78 is 9.17. The SMILES string of the molecule is O=C(OCc1ccc(Cl)c(Cl)c1)c1snnc1-c1ccccc1. The summed E-state index contributed by atoms with van der Waals surface area (Å²) in [7, 11) is 0. The van der Waals surface area contributed by atoms with Crippen LogP contribution in [-0.4, -0.2) is 15.6 Å². The van der Waals surface area contributed by atoms with Gasteiger partial charge in [-0.15, -0.1) is 5.10 Å². The lowest BCUT2D eigenvalue weighted by molar-refractivity contribution is 0.0479. The van der Waals surface area contributed by atoms with Gasteiger partial charge in [0.15, 0.2) is 4.88 Å². The molecule has 0 saturated carbocycles. The molecule has 0 fully saturated rings. The average Bonchev–Trinajstić information content (AvgIpc) is 3.06. The number of halogens is 2. The van der Waals surface area contributed by atoms with E-state index in [2.05, 4.69) is 9.59 Å². The van der Waals surface area contributed by atoms with Crippen molar-refractivity contribution in [3.8, 4) is 11.3 Å². The number of carbonyl (C=O) groups is 1. The van der Waals surface area contributed by atoms with Crippen LogP contribution in [0.3, 0.4) is 0 Å². The second-order valence-electron chi connectivity index (χ2n) is 4.64. The van der Waals surface area contributed by atoms with Crippen LogP contribution >= 0.6 is 34.7 Å². The van der Waals surface area contributed by atoms with Gasteiger partial charge in [-0.3, -0.25) is 0 Å². The Balaban J connectivity index is 1.74. The van der Waals surface area contributed by atoms with Gasteiger partial charge < -0.3 is 4.74 Å². The van der Waals surface area contributed by atoms with Crippen LogP contribution in [0.1, 0.15) is 15.2 Å². The molecule has 4 nitrogen and oxygen atoms in total. The molecule has 0 amide bonds. The molecule has 23 heavy (non-hydrogen) atoms. The maximum atomic E-state index is 12.3. The Morgan fingerprint density at radius 1 is 1.09 bits per heavy atom. The maximum Gasteiger partial charge on any atom is 0.352 e. The Labute approximate surface area is 146 Å². The smallest absolute Gasteiger partial charge is 0.352 e. The van der Waals surface area contributed by atoms with E-state index in [0.717, 1.165) is 22.7 Å². The molecule has 0 bridgehead atoms. The summed E-state index contributed by atoms with van der Waals surface area (Å²) in [6, 6.07) is 14.5. The summed E-state index contributed by atoms with van der Waals surface area (Å²) in [5.74, 6) is -0.468. The van der Waals surface area contributed by atoms with E-state index in [1.54, 1.807) is 18.2 Å². The van der Waals surface area contributed by atoms with Gasteiger partial charge in [0.05, 0.1) is 10.0 Å². The van der Waals surface area contributed by atoms with Crippen LogP contribution in [0.2, 0.25) is 10.0 Å². The van der Waals surface area contributed by atoms with E-state index in [0.29, 0.717) is 20.6 Å². The topological polar surface area (TPSA) is 52.1 Å². The fourth-order valence-electron chi connectivity index (χ4n) is 1.95. The van der Waals surface area contributed by atoms with Gasteiger partial charge in [0.25, 0.3) is 0 Å². The Morgan fingerprint density at radius 3 is 2.61 bits per heavy atom. The molecule has 0 unspecified atom stereocenters. The molecule has 0 spiro atoms. The highest BCUT2D eigenvalue weighted by molar-refractivity contribution is 7.08. The summed E-state index contributed by atoms with van der Waals surface area (Å²) in [5, 5.41) is 4.90. The van der Waals surface area contributed by atoms with Gasteiger partial charge in [0.2, 0.25) is 0 Å².